The number of benzene rings is 3. The molecule has 180 valence electrons. The van der Waals surface area contributed by atoms with Crippen molar-refractivity contribution >= 4 is 34.7 Å². The van der Waals surface area contributed by atoms with E-state index >= 15 is 0 Å². The zero-order chi connectivity index (χ0) is 25.3. The molecule has 3 aromatic rings. The van der Waals surface area contributed by atoms with Gasteiger partial charge >= 0.3 is 0 Å². The molecule has 1 unspecified atom stereocenters. The van der Waals surface area contributed by atoms with Crippen molar-refractivity contribution in [2.45, 2.75) is 26.8 Å². The summed E-state index contributed by atoms with van der Waals surface area (Å²) in [4.78, 5) is 28.3. The highest BCUT2D eigenvalue weighted by atomic mass is 35.5. The lowest BCUT2D eigenvalue weighted by Crippen LogP contribution is -2.30. The smallest absolute Gasteiger partial charge is 0.300 e. The van der Waals surface area contributed by atoms with E-state index in [1.54, 1.807) is 49.6 Å². The van der Waals surface area contributed by atoms with Crippen molar-refractivity contribution in [2.75, 3.05) is 18.6 Å². The van der Waals surface area contributed by atoms with Crippen LogP contribution in [0.2, 0.25) is 5.02 Å². The SMILES string of the molecule is CCOc1cc(C2/C(=C(/O)c3cccc(Cl)c3)C(=O)C(=O)N2c2cc(C)ccc2C)ccc1OC. The molecule has 1 heterocycles. The van der Waals surface area contributed by atoms with Crippen LogP contribution in [0.4, 0.5) is 5.69 Å². The van der Waals surface area contributed by atoms with E-state index in [0.29, 0.717) is 39.9 Å². The van der Waals surface area contributed by atoms with Crippen LogP contribution in [0.3, 0.4) is 0 Å². The summed E-state index contributed by atoms with van der Waals surface area (Å²) in [6.45, 7) is 6.05. The molecule has 1 atom stereocenters. The third kappa shape index (κ3) is 4.49. The molecule has 35 heavy (non-hydrogen) atoms. The number of ether oxygens (including phenoxy) is 2. The number of amides is 1. The molecule has 0 bridgehead atoms. The zero-order valence-corrected chi connectivity index (χ0v) is 20.7. The number of aliphatic hydroxyl groups excluding tert-OH is 1. The molecule has 0 saturated carbocycles. The van der Waals surface area contributed by atoms with Gasteiger partial charge in [0.25, 0.3) is 11.7 Å². The molecule has 3 aromatic carbocycles. The van der Waals surface area contributed by atoms with Gasteiger partial charge in [0.2, 0.25) is 0 Å². The van der Waals surface area contributed by atoms with Crippen molar-refractivity contribution in [1.29, 1.82) is 0 Å². The van der Waals surface area contributed by atoms with Crippen molar-refractivity contribution in [2.24, 2.45) is 0 Å². The number of nitrogens with zero attached hydrogens (tertiary/aromatic N) is 1. The molecule has 1 fully saturated rings. The quantitative estimate of drug-likeness (QED) is 0.260. The molecule has 1 amide bonds. The molecule has 1 N–H and O–H groups in total. The standard InChI is InChI=1S/C28H26ClNO5/c1-5-35-23-15-18(11-12-22(23)34-4)25-24(26(31)19-7-6-8-20(29)14-19)27(32)28(33)30(25)21-13-16(2)9-10-17(21)3/h6-15,25,31H,5H2,1-4H3/b26-24-. The topological polar surface area (TPSA) is 76.1 Å². The highest BCUT2D eigenvalue weighted by Gasteiger charge is 2.47. The van der Waals surface area contributed by atoms with Crippen molar-refractivity contribution in [3.05, 3.63) is 93.5 Å². The normalized spacial score (nSPS) is 17.1. The Morgan fingerprint density at radius 3 is 2.49 bits per heavy atom. The van der Waals surface area contributed by atoms with Crippen molar-refractivity contribution in [3.8, 4) is 11.5 Å². The lowest BCUT2D eigenvalue weighted by atomic mass is 9.94. The van der Waals surface area contributed by atoms with Gasteiger partial charge in [0, 0.05) is 16.3 Å². The van der Waals surface area contributed by atoms with E-state index < -0.39 is 17.7 Å². The Kier molecular flexibility index (Phi) is 6.85. The predicted octanol–water partition coefficient (Wildman–Crippen LogP) is 5.99. The fraction of sp³-hybridized carbons (Fsp3) is 0.214. The van der Waals surface area contributed by atoms with Gasteiger partial charge in [0.15, 0.2) is 11.5 Å². The number of carbonyl (C=O) groups is 2. The van der Waals surface area contributed by atoms with Gasteiger partial charge in [-0.15, -0.1) is 0 Å². The average Bonchev–Trinajstić information content (AvgIpc) is 3.10. The van der Waals surface area contributed by atoms with Crippen LogP contribution in [0, 0.1) is 13.8 Å². The third-order valence-electron chi connectivity index (χ3n) is 5.97. The van der Waals surface area contributed by atoms with Crippen LogP contribution in [0.25, 0.3) is 5.76 Å². The number of carbonyl (C=O) groups excluding carboxylic acids is 2. The van der Waals surface area contributed by atoms with E-state index in [2.05, 4.69) is 0 Å². The molecule has 1 aliphatic rings. The van der Waals surface area contributed by atoms with Crippen molar-refractivity contribution in [1.82, 2.24) is 0 Å². The molecule has 7 heteroatoms. The average molecular weight is 492 g/mol. The summed E-state index contributed by atoms with van der Waals surface area (Å²) in [5.41, 5.74) is 3.27. The Labute approximate surface area is 209 Å². The first kappa shape index (κ1) is 24.4. The summed E-state index contributed by atoms with van der Waals surface area (Å²) in [7, 11) is 1.54. The lowest BCUT2D eigenvalue weighted by molar-refractivity contribution is -0.132. The second-order valence-corrected chi connectivity index (χ2v) is 8.75. The summed E-state index contributed by atoms with van der Waals surface area (Å²) >= 11 is 6.14. The van der Waals surface area contributed by atoms with E-state index in [1.807, 2.05) is 39.0 Å². The number of hydrogen-bond donors (Lipinski definition) is 1. The number of ketones is 1. The second-order valence-electron chi connectivity index (χ2n) is 8.31. The summed E-state index contributed by atoms with van der Waals surface area (Å²) in [5, 5.41) is 11.7. The van der Waals surface area contributed by atoms with Crippen LogP contribution < -0.4 is 14.4 Å². The molecule has 0 aliphatic carbocycles. The molecule has 0 aromatic heterocycles. The monoisotopic (exact) mass is 491 g/mol. The van der Waals surface area contributed by atoms with Crippen molar-refractivity contribution in [3.63, 3.8) is 0 Å². The maximum atomic E-state index is 13.4. The van der Waals surface area contributed by atoms with Gasteiger partial charge in [0.05, 0.1) is 25.3 Å². The Morgan fingerprint density at radius 1 is 1.03 bits per heavy atom. The highest BCUT2D eigenvalue weighted by Crippen LogP contribution is 2.45. The Balaban J connectivity index is 2.00. The van der Waals surface area contributed by atoms with Crippen LogP contribution in [0.5, 0.6) is 11.5 Å². The van der Waals surface area contributed by atoms with Crippen LogP contribution in [-0.2, 0) is 9.59 Å². The number of aryl methyl sites for hydroxylation is 2. The first-order valence-electron chi connectivity index (χ1n) is 11.2. The molecule has 6 nitrogen and oxygen atoms in total. The van der Waals surface area contributed by atoms with Crippen LogP contribution >= 0.6 is 11.6 Å². The van der Waals surface area contributed by atoms with Gasteiger partial charge in [-0.25, -0.2) is 0 Å². The lowest BCUT2D eigenvalue weighted by Gasteiger charge is -2.27. The van der Waals surface area contributed by atoms with Gasteiger partial charge in [-0.1, -0.05) is 41.9 Å². The second kappa shape index (κ2) is 9.84. The van der Waals surface area contributed by atoms with Crippen molar-refractivity contribution < 1.29 is 24.2 Å². The number of rotatable bonds is 6. The summed E-state index contributed by atoms with van der Waals surface area (Å²) in [6.07, 6.45) is 0. The number of halogens is 1. The predicted molar refractivity (Wildman–Crippen MR) is 136 cm³/mol. The highest BCUT2D eigenvalue weighted by molar-refractivity contribution is 6.51. The van der Waals surface area contributed by atoms with Gasteiger partial charge < -0.3 is 14.6 Å². The summed E-state index contributed by atoms with van der Waals surface area (Å²) < 4.78 is 11.2. The van der Waals surface area contributed by atoms with E-state index in [0.717, 1.165) is 11.1 Å². The summed E-state index contributed by atoms with van der Waals surface area (Å²) in [6, 6.07) is 16.6. The van der Waals surface area contributed by atoms with Gasteiger partial charge in [-0.3, -0.25) is 14.5 Å². The molecule has 0 spiro atoms. The molecule has 0 radical (unpaired) electrons. The van der Waals surface area contributed by atoms with Crippen LogP contribution in [0.15, 0.2) is 66.2 Å². The largest absolute Gasteiger partial charge is 0.507 e. The van der Waals surface area contributed by atoms with E-state index in [1.165, 1.54) is 4.90 Å². The maximum Gasteiger partial charge on any atom is 0.300 e. The maximum absolute atomic E-state index is 13.4. The molecule has 1 aliphatic heterocycles. The van der Waals surface area contributed by atoms with Crippen LogP contribution in [0.1, 0.15) is 35.2 Å². The first-order valence-corrected chi connectivity index (χ1v) is 11.6. The molecule has 4 rings (SSSR count). The number of methoxy groups -OCH3 is 1. The summed E-state index contributed by atoms with van der Waals surface area (Å²) in [5.74, 6) is -0.795. The van der Waals surface area contributed by atoms with E-state index in [-0.39, 0.29) is 11.3 Å². The van der Waals surface area contributed by atoms with Gasteiger partial charge in [0.1, 0.15) is 5.76 Å². The van der Waals surface area contributed by atoms with Crippen LogP contribution in [-0.4, -0.2) is 30.5 Å². The minimum Gasteiger partial charge on any atom is -0.507 e. The Bertz CT molecular complexity index is 1350. The third-order valence-corrected chi connectivity index (χ3v) is 6.21. The minimum absolute atomic E-state index is 0.0224. The van der Waals surface area contributed by atoms with E-state index in [9.17, 15) is 14.7 Å². The number of Topliss-reactive ketones (excluding diaryl/α,β-unsaturated/α-hetero) is 1. The molecule has 1 saturated heterocycles. The first-order chi connectivity index (χ1) is 16.8. The fourth-order valence-corrected chi connectivity index (χ4v) is 4.49. The molecular formula is C28H26ClNO5. The number of anilines is 1. The fourth-order valence-electron chi connectivity index (χ4n) is 4.30. The number of aliphatic hydroxyl groups is 1. The Morgan fingerprint density at radius 2 is 1.80 bits per heavy atom. The molecular weight excluding hydrogens is 466 g/mol. The Hall–Kier alpha value is -3.77. The van der Waals surface area contributed by atoms with Gasteiger partial charge in [-0.05, 0) is 67.8 Å². The van der Waals surface area contributed by atoms with E-state index in [4.69, 9.17) is 21.1 Å². The number of hydrogen-bond acceptors (Lipinski definition) is 5. The minimum atomic E-state index is -0.889. The van der Waals surface area contributed by atoms with Gasteiger partial charge in [-0.2, -0.15) is 0 Å². The zero-order valence-electron chi connectivity index (χ0n) is 20.0.